The van der Waals surface area contributed by atoms with Crippen molar-refractivity contribution < 1.29 is 29.2 Å². The van der Waals surface area contributed by atoms with Crippen LogP contribution in [0.1, 0.15) is 31.9 Å². The van der Waals surface area contributed by atoms with E-state index < -0.39 is 23.0 Å². The number of para-hydroxylation sites is 1. The predicted octanol–water partition coefficient (Wildman–Crippen LogP) is 3.75. The number of nitrogens with zero attached hydrogens (tertiary/aromatic N) is 4. The second-order valence-corrected chi connectivity index (χ2v) is 8.89. The zero-order chi connectivity index (χ0) is 27.4. The van der Waals surface area contributed by atoms with Crippen LogP contribution in [0, 0.1) is 10.1 Å². The minimum absolute atomic E-state index is 0.0828. The van der Waals surface area contributed by atoms with Crippen molar-refractivity contribution in [3.8, 4) is 5.75 Å². The van der Waals surface area contributed by atoms with Crippen molar-refractivity contribution >= 4 is 29.4 Å². The van der Waals surface area contributed by atoms with Gasteiger partial charge in [-0.25, -0.2) is 14.4 Å². The molecule has 12 heteroatoms. The number of nitrogens with one attached hydrogen (secondary N) is 1. The number of aliphatic carboxylic acids is 1. The number of urea groups is 2. The fraction of sp³-hybridized carbons (Fsp3) is 0.346. The molecule has 38 heavy (non-hydrogen) atoms. The highest BCUT2D eigenvalue weighted by atomic mass is 16.6. The Morgan fingerprint density at radius 3 is 2.50 bits per heavy atom. The lowest BCUT2D eigenvalue weighted by molar-refractivity contribution is -0.385. The van der Waals surface area contributed by atoms with Crippen molar-refractivity contribution in [2.45, 2.75) is 26.3 Å². The number of carbonyl (C=O) groups excluding carboxylic acids is 2. The average Bonchev–Trinajstić information content (AvgIpc) is 3.25. The first-order valence-corrected chi connectivity index (χ1v) is 12.3. The van der Waals surface area contributed by atoms with Crippen LogP contribution in [-0.2, 0) is 4.79 Å². The molecule has 2 heterocycles. The summed E-state index contributed by atoms with van der Waals surface area (Å²) >= 11 is 0. The van der Waals surface area contributed by atoms with Crippen molar-refractivity contribution in [1.82, 2.24) is 15.1 Å². The summed E-state index contributed by atoms with van der Waals surface area (Å²) < 4.78 is 5.45. The summed E-state index contributed by atoms with van der Waals surface area (Å²) in [6, 6.07) is 11.2. The van der Waals surface area contributed by atoms with Gasteiger partial charge in [0, 0.05) is 43.6 Å². The van der Waals surface area contributed by atoms with E-state index in [1.165, 1.54) is 30.0 Å². The largest absolute Gasteiger partial charge is 0.494 e. The number of anilines is 1. The Labute approximate surface area is 219 Å². The van der Waals surface area contributed by atoms with Crippen LogP contribution in [0.2, 0.25) is 0 Å². The third-order valence-corrected chi connectivity index (χ3v) is 6.58. The summed E-state index contributed by atoms with van der Waals surface area (Å²) in [5.74, 6) is -0.561. The van der Waals surface area contributed by atoms with Crippen molar-refractivity contribution in [2.24, 2.45) is 0 Å². The predicted molar refractivity (Wildman–Crippen MR) is 138 cm³/mol. The highest BCUT2D eigenvalue weighted by molar-refractivity contribution is 5.95. The van der Waals surface area contributed by atoms with Gasteiger partial charge in [-0.15, -0.1) is 0 Å². The minimum atomic E-state index is -1.28. The lowest BCUT2D eigenvalue weighted by atomic mass is 9.92. The van der Waals surface area contributed by atoms with Crippen LogP contribution < -0.4 is 15.0 Å². The molecule has 2 aromatic rings. The third kappa shape index (κ3) is 5.24. The topological polar surface area (TPSA) is 146 Å². The molecule has 12 nitrogen and oxygen atoms in total. The van der Waals surface area contributed by atoms with E-state index in [9.17, 15) is 29.6 Å². The molecular weight excluding hydrogens is 494 g/mol. The van der Waals surface area contributed by atoms with Gasteiger partial charge in [-0.2, -0.15) is 0 Å². The fourth-order valence-electron chi connectivity index (χ4n) is 4.84. The van der Waals surface area contributed by atoms with Crippen molar-refractivity contribution in [3.63, 3.8) is 0 Å². The Morgan fingerprint density at radius 1 is 1.13 bits per heavy atom. The molecule has 1 unspecified atom stereocenters. The highest BCUT2D eigenvalue weighted by Gasteiger charge is 2.40. The maximum absolute atomic E-state index is 13.0. The van der Waals surface area contributed by atoms with Gasteiger partial charge in [-0.05, 0) is 50.6 Å². The molecule has 2 N–H and O–H groups in total. The van der Waals surface area contributed by atoms with E-state index >= 15 is 0 Å². The molecular formula is C26H29N5O7. The Kier molecular flexibility index (Phi) is 7.79. The van der Waals surface area contributed by atoms with Gasteiger partial charge in [0.1, 0.15) is 5.75 Å². The van der Waals surface area contributed by atoms with Gasteiger partial charge in [0.15, 0.2) is 0 Å². The van der Waals surface area contributed by atoms with Crippen LogP contribution in [0.25, 0.3) is 0 Å². The van der Waals surface area contributed by atoms with Gasteiger partial charge in [0.2, 0.25) is 0 Å². The molecule has 2 aliphatic rings. The van der Waals surface area contributed by atoms with Crippen LogP contribution >= 0.6 is 0 Å². The lowest BCUT2D eigenvalue weighted by Crippen LogP contribution is -2.49. The van der Waals surface area contributed by atoms with E-state index in [1.54, 1.807) is 15.9 Å². The van der Waals surface area contributed by atoms with Gasteiger partial charge < -0.3 is 25.0 Å². The number of amides is 4. The molecule has 1 atom stereocenters. The van der Waals surface area contributed by atoms with Crippen LogP contribution in [0.15, 0.2) is 59.8 Å². The normalized spacial score (nSPS) is 17.6. The number of hydrogen-bond acceptors (Lipinski definition) is 6. The summed E-state index contributed by atoms with van der Waals surface area (Å²) in [6.07, 6.45) is 0.347. The summed E-state index contributed by atoms with van der Waals surface area (Å²) in [5, 5.41) is 24.2. The number of carboxylic acid groups (broad SMARTS) is 1. The zero-order valence-electron chi connectivity index (χ0n) is 21.1. The molecule has 4 amide bonds. The van der Waals surface area contributed by atoms with Gasteiger partial charge >= 0.3 is 18.0 Å². The first-order valence-electron chi connectivity index (χ1n) is 12.3. The second-order valence-electron chi connectivity index (χ2n) is 8.89. The van der Waals surface area contributed by atoms with Gasteiger partial charge in [-0.3, -0.25) is 15.0 Å². The monoisotopic (exact) mass is 523 g/mol. The van der Waals surface area contributed by atoms with Crippen molar-refractivity contribution in [3.05, 3.63) is 75.5 Å². The summed E-state index contributed by atoms with van der Waals surface area (Å²) in [7, 11) is 0. The number of nitro groups is 1. The summed E-state index contributed by atoms with van der Waals surface area (Å²) in [6.45, 7) is 5.30. The van der Waals surface area contributed by atoms with Gasteiger partial charge in [0.05, 0.1) is 28.7 Å². The van der Waals surface area contributed by atoms with E-state index in [4.69, 9.17) is 4.74 Å². The van der Waals surface area contributed by atoms with Crippen molar-refractivity contribution in [2.75, 3.05) is 37.7 Å². The van der Waals surface area contributed by atoms with E-state index in [2.05, 4.69) is 5.32 Å². The van der Waals surface area contributed by atoms with E-state index in [-0.39, 0.29) is 35.1 Å². The molecule has 0 bridgehead atoms. The summed E-state index contributed by atoms with van der Waals surface area (Å²) in [5.41, 5.74) is 0.576. The Morgan fingerprint density at radius 2 is 1.84 bits per heavy atom. The maximum Gasteiger partial charge on any atom is 0.335 e. The molecule has 0 saturated carbocycles. The third-order valence-electron chi connectivity index (χ3n) is 6.58. The molecule has 1 saturated heterocycles. The first-order chi connectivity index (χ1) is 18.2. The number of nitro benzene ring substituents is 1. The minimum Gasteiger partial charge on any atom is -0.494 e. The number of rotatable bonds is 10. The van der Waals surface area contributed by atoms with Gasteiger partial charge in [0.25, 0.3) is 5.69 Å². The molecule has 0 radical (unpaired) electrons. The molecule has 2 aromatic carbocycles. The van der Waals surface area contributed by atoms with E-state index in [0.29, 0.717) is 32.7 Å². The summed E-state index contributed by atoms with van der Waals surface area (Å²) in [4.78, 5) is 53.9. The number of carboxylic acids is 1. The number of hydrogen-bond donors (Lipinski definition) is 2. The first kappa shape index (κ1) is 26.5. The smallest absolute Gasteiger partial charge is 0.335 e. The van der Waals surface area contributed by atoms with Crippen LogP contribution in [0.3, 0.4) is 0 Å². The zero-order valence-corrected chi connectivity index (χ0v) is 21.1. The molecule has 200 valence electrons. The molecule has 1 fully saturated rings. The standard InChI is InChI=1S/C26H29N5O7/c1-3-38-19-11-9-18(10-12-19)29-16-15-28(26(29)35)13-6-14-30-23(20-7-4-5-8-21(20)31(36)37)22(24(32)33)17(2)27-25(30)34/h4-5,7-12,23H,3,6,13-16H2,1-2H3,(H,27,34)(H,32,33). The Balaban J connectivity index is 1.49. The maximum atomic E-state index is 13.0. The number of carbonyl (C=O) groups is 3. The van der Waals surface area contributed by atoms with Gasteiger partial charge in [-0.1, -0.05) is 12.1 Å². The molecule has 0 aromatic heterocycles. The SMILES string of the molecule is CCOc1ccc(N2CCN(CCCN3C(=O)NC(C)=C(C(=O)O)C3c3ccccc3[N+](=O)[O-])C2=O)cc1. The van der Waals surface area contributed by atoms with E-state index in [0.717, 1.165) is 11.4 Å². The van der Waals surface area contributed by atoms with E-state index in [1.807, 2.05) is 31.2 Å². The molecule has 2 aliphatic heterocycles. The lowest BCUT2D eigenvalue weighted by Gasteiger charge is -2.37. The number of benzene rings is 2. The Bertz CT molecular complexity index is 1280. The number of allylic oxidation sites excluding steroid dienone is 1. The second kappa shape index (κ2) is 11.2. The Hall–Kier alpha value is -4.61. The fourth-order valence-corrected chi connectivity index (χ4v) is 4.84. The molecule has 4 rings (SSSR count). The number of ether oxygens (including phenoxy) is 1. The van der Waals surface area contributed by atoms with Crippen LogP contribution in [0.5, 0.6) is 5.75 Å². The van der Waals surface area contributed by atoms with Crippen LogP contribution in [-0.4, -0.2) is 70.6 Å². The van der Waals surface area contributed by atoms with Crippen LogP contribution in [0.4, 0.5) is 21.0 Å². The average molecular weight is 524 g/mol. The molecule has 0 aliphatic carbocycles. The quantitative estimate of drug-likeness (QED) is 0.356. The molecule has 0 spiro atoms. The van der Waals surface area contributed by atoms with Crippen molar-refractivity contribution in [1.29, 1.82) is 0 Å². The highest BCUT2D eigenvalue weighted by Crippen LogP contribution is 2.38.